The second kappa shape index (κ2) is 6.91. The fourth-order valence-corrected chi connectivity index (χ4v) is 4.14. The van der Waals surface area contributed by atoms with Gasteiger partial charge in [-0.25, -0.2) is 13.1 Å². The van der Waals surface area contributed by atoms with Gasteiger partial charge in [0.1, 0.15) is 4.90 Å². The molecule has 1 atom stereocenters. The molecule has 0 aliphatic rings. The van der Waals surface area contributed by atoms with Crippen molar-refractivity contribution in [1.29, 1.82) is 0 Å². The van der Waals surface area contributed by atoms with Crippen LogP contribution in [0.25, 0.3) is 10.8 Å². The molecule has 0 fully saturated rings. The van der Waals surface area contributed by atoms with Gasteiger partial charge in [-0.15, -0.1) is 0 Å². The maximum atomic E-state index is 12.3. The van der Waals surface area contributed by atoms with Gasteiger partial charge in [0.15, 0.2) is 0 Å². The Morgan fingerprint density at radius 1 is 0.958 bits per heavy atom. The first kappa shape index (κ1) is 16.9. The molecule has 0 bridgehead atoms. The van der Waals surface area contributed by atoms with Crippen LogP contribution in [0.5, 0.6) is 0 Å². The number of hydrogen-bond acceptors (Lipinski definition) is 3. The third-order valence-electron chi connectivity index (χ3n) is 3.78. The van der Waals surface area contributed by atoms with E-state index < -0.39 is 16.1 Å². The van der Waals surface area contributed by atoms with E-state index in [9.17, 15) is 13.5 Å². The van der Waals surface area contributed by atoms with Crippen LogP contribution in [0.1, 0.15) is 11.7 Å². The minimum absolute atomic E-state index is 0.00298. The highest BCUT2D eigenvalue weighted by molar-refractivity contribution is 7.89. The molecule has 0 radical (unpaired) electrons. The summed E-state index contributed by atoms with van der Waals surface area (Å²) < 4.78 is 27.1. The fourth-order valence-electron chi connectivity index (χ4n) is 2.58. The predicted molar refractivity (Wildman–Crippen MR) is 95.5 cm³/mol. The van der Waals surface area contributed by atoms with Gasteiger partial charge < -0.3 is 5.11 Å². The van der Waals surface area contributed by atoms with Crippen molar-refractivity contribution in [2.75, 3.05) is 6.54 Å². The van der Waals surface area contributed by atoms with Crippen LogP contribution in [0.3, 0.4) is 0 Å². The van der Waals surface area contributed by atoms with E-state index in [4.69, 9.17) is 11.6 Å². The quantitative estimate of drug-likeness (QED) is 0.730. The summed E-state index contributed by atoms with van der Waals surface area (Å²) >= 11 is 5.94. The van der Waals surface area contributed by atoms with Crippen LogP contribution < -0.4 is 4.72 Å². The van der Waals surface area contributed by atoms with E-state index in [-0.39, 0.29) is 16.5 Å². The number of benzene rings is 3. The monoisotopic (exact) mass is 361 g/mol. The summed E-state index contributed by atoms with van der Waals surface area (Å²) in [4.78, 5) is -0.00298. The Labute approximate surface area is 145 Å². The van der Waals surface area contributed by atoms with Gasteiger partial charge in [0.05, 0.1) is 11.1 Å². The second-order valence-electron chi connectivity index (χ2n) is 5.37. The number of fused-ring (bicyclic) bond motifs is 1. The zero-order valence-electron chi connectivity index (χ0n) is 12.7. The largest absolute Gasteiger partial charge is 0.387 e. The molecule has 0 heterocycles. The molecule has 0 aliphatic carbocycles. The van der Waals surface area contributed by atoms with Crippen LogP contribution in [0, 0.1) is 0 Å². The number of rotatable bonds is 5. The van der Waals surface area contributed by atoms with Crippen molar-refractivity contribution in [3.63, 3.8) is 0 Å². The van der Waals surface area contributed by atoms with Crippen molar-refractivity contribution in [1.82, 2.24) is 4.72 Å². The van der Waals surface area contributed by atoms with Crippen molar-refractivity contribution < 1.29 is 13.5 Å². The van der Waals surface area contributed by atoms with Crippen molar-refractivity contribution in [3.8, 4) is 0 Å². The molecule has 3 rings (SSSR count). The Morgan fingerprint density at radius 2 is 1.62 bits per heavy atom. The molecule has 0 unspecified atom stereocenters. The zero-order valence-corrected chi connectivity index (χ0v) is 14.3. The van der Waals surface area contributed by atoms with Crippen molar-refractivity contribution in [3.05, 3.63) is 77.3 Å². The maximum Gasteiger partial charge on any atom is 0.242 e. The minimum atomic E-state index is -3.79. The number of halogens is 1. The lowest BCUT2D eigenvalue weighted by atomic mass is 10.0. The molecule has 124 valence electrons. The fraction of sp³-hybridized carbons (Fsp3) is 0.111. The van der Waals surface area contributed by atoms with Crippen LogP contribution in [0.4, 0.5) is 0 Å². The summed E-state index contributed by atoms with van der Waals surface area (Å²) in [5.74, 6) is 0. The predicted octanol–water partition coefficient (Wildman–Crippen LogP) is 3.51. The summed E-state index contributed by atoms with van der Waals surface area (Å²) in [5.41, 5.74) is 0.676. The number of hydrogen-bond donors (Lipinski definition) is 2. The van der Waals surface area contributed by atoms with E-state index in [0.717, 1.165) is 10.8 Å². The lowest BCUT2D eigenvalue weighted by Crippen LogP contribution is -2.28. The summed E-state index contributed by atoms with van der Waals surface area (Å²) in [6, 6.07) is 19.4. The Bertz CT molecular complexity index is 967. The van der Waals surface area contributed by atoms with Gasteiger partial charge in [0, 0.05) is 6.54 Å². The van der Waals surface area contributed by atoms with Crippen LogP contribution in [0.2, 0.25) is 5.02 Å². The summed E-state index contributed by atoms with van der Waals surface area (Å²) in [7, 11) is -3.79. The third-order valence-corrected chi connectivity index (χ3v) is 5.70. The van der Waals surface area contributed by atoms with Gasteiger partial charge in [-0.05, 0) is 28.5 Å². The summed E-state index contributed by atoms with van der Waals surface area (Å²) in [5, 5.41) is 12.5. The number of sulfonamides is 1. The standard InChI is InChI=1S/C18H16ClNO3S/c19-16-10-3-4-11-18(16)24(22,23)20-12-17(21)15-9-5-7-13-6-1-2-8-14(13)15/h1-11,17,20-21H,12H2/t17-/m0/s1. The van der Waals surface area contributed by atoms with E-state index in [1.165, 1.54) is 12.1 Å². The highest BCUT2D eigenvalue weighted by Crippen LogP contribution is 2.25. The Kier molecular flexibility index (Phi) is 4.87. The lowest BCUT2D eigenvalue weighted by molar-refractivity contribution is 0.183. The molecule has 2 N–H and O–H groups in total. The van der Waals surface area contributed by atoms with Crippen LogP contribution >= 0.6 is 11.6 Å². The lowest BCUT2D eigenvalue weighted by Gasteiger charge is -2.15. The highest BCUT2D eigenvalue weighted by atomic mass is 35.5. The Morgan fingerprint density at radius 3 is 2.42 bits per heavy atom. The van der Waals surface area contributed by atoms with E-state index in [0.29, 0.717) is 5.56 Å². The first-order valence-electron chi connectivity index (χ1n) is 7.39. The smallest absolute Gasteiger partial charge is 0.242 e. The van der Waals surface area contributed by atoms with E-state index in [1.54, 1.807) is 18.2 Å². The molecule has 6 heteroatoms. The van der Waals surface area contributed by atoms with Gasteiger partial charge in [0.25, 0.3) is 0 Å². The van der Waals surface area contributed by atoms with Crippen LogP contribution in [0.15, 0.2) is 71.6 Å². The van der Waals surface area contributed by atoms with Gasteiger partial charge >= 0.3 is 0 Å². The normalized spacial score (nSPS) is 13.1. The Hall–Kier alpha value is -1.92. The molecule has 3 aromatic rings. The van der Waals surface area contributed by atoms with Crippen LogP contribution in [-0.4, -0.2) is 20.1 Å². The van der Waals surface area contributed by atoms with E-state index in [2.05, 4.69) is 4.72 Å². The van der Waals surface area contributed by atoms with E-state index in [1.807, 2.05) is 36.4 Å². The average molecular weight is 362 g/mol. The van der Waals surface area contributed by atoms with Gasteiger partial charge in [0.2, 0.25) is 10.0 Å². The first-order valence-corrected chi connectivity index (χ1v) is 9.25. The topological polar surface area (TPSA) is 66.4 Å². The number of aliphatic hydroxyl groups excluding tert-OH is 1. The molecular weight excluding hydrogens is 346 g/mol. The molecule has 24 heavy (non-hydrogen) atoms. The van der Waals surface area contributed by atoms with Gasteiger partial charge in [-0.1, -0.05) is 66.2 Å². The van der Waals surface area contributed by atoms with Gasteiger partial charge in [-0.2, -0.15) is 0 Å². The first-order chi connectivity index (χ1) is 11.5. The van der Waals surface area contributed by atoms with Crippen LogP contribution in [-0.2, 0) is 10.0 Å². The zero-order chi connectivity index (χ0) is 17.2. The molecule has 0 aliphatic heterocycles. The summed E-state index contributed by atoms with van der Waals surface area (Å²) in [6.07, 6.45) is -0.964. The maximum absolute atomic E-state index is 12.3. The molecule has 0 saturated heterocycles. The molecule has 0 amide bonds. The minimum Gasteiger partial charge on any atom is -0.387 e. The summed E-state index contributed by atoms with van der Waals surface area (Å²) in [6.45, 7) is -0.137. The molecular formula is C18H16ClNO3S. The molecule has 0 spiro atoms. The number of aliphatic hydroxyl groups is 1. The number of nitrogens with one attached hydrogen (secondary N) is 1. The average Bonchev–Trinajstić information content (AvgIpc) is 2.59. The third kappa shape index (κ3) is 3.44. The Balaban J connectivity index is 1.83. The van der Waals surface area contributed by atoms with Crippen molar-refractivity contribution in [2.45, 2.75) is 11.0 Å². The van der Waals surface area contributed by atoms with Crippen molar-refractivity contribution >= 4 is 32.4 Å². The van der Waals surface area contributed by atoms with Gasteiger partial charge in [-0.3, -0.25) is 0 Å². The molecule has 4 nitrogen and oxygen atoms in total. The second-order valence-corrected chi connectivity index (χ2v) is 7.51. The highest BCUT2D eigenvalue weighted by Gasteiger charge is 2.19. The molecule has 0 aromatic heterocycles. The molecule has 0 saturated carbocycles. The molecule has 3 aromatic carbocycles. The van der Waals surface area contributed by atoms with Crippen molar-refractivity contribution in [2.24, 2.45) is 0 Å². The van der Waals surface area contributed by atoms with E-state index >= 15 is 0 Å². The SMILES string of the molecule is O=S(=O)(NC[C@H](O)c1cccc2ccccc12)c1ccccc1Cl.